The molecule has 0 unspecified atom stereocenters. The minimum absolute atomic E-state index is 0.128. The normalized spacial score (nSPS) is 25.2. The number of nitrogens with zero attached hydrogens (tertiary/aromatic N) is 1. The van der Waals surface area contributed by atoms with Crippen LogP contribution in [0.4, 0.5) is 11.4 Å². The van der Waals surface area contributed by atoms with Gasteiger partial charge in [-0.3, -0.25) is 10.1 Å². The summed E-state index contributed by atoms with van der Waals surface area (Å²) in [7, 11) is -3.29. The standard InChI is InChI=1S/C11H14N2O5S/c1-7-2-3-8(10(4-7)13(15)16)12-9-5-19(17,18)6-11(9)14/h2-4,9,11-12,14H,5-6H2,1H3/t9-,11-/m1/s1. The smallest absolute Gasteiger partial charge is 0.292 e. The van der Waals surface area contributed by atoms with Crippen molar-refractivity contribution < 1.29 is 18.4 Å². The van der Waals surface area contributed by atoms with E-state index in [9.17, 15) is 23.6 Å². The Morgan fingerprint density at radius 3 is 2.63 bits per heavy atom. The number of anilines is 1. The Morgan fingerprint density at radius 1 is 1.42 bits per heavy atom. The number of nitrogens with one attached hydrogen (secondary N) is 1. The molecule has 19 heavy (non-hydrogen) atoms. The molecule has 7 nitrogen and oxygen atoms in total. The average Bonchev–Trinajstić information content (AvgIpc) is 2.54. The molecule has 0 radical (unpaired) electrons. The van der Waals surface area contributed by atoms with E-state index >= 15 is 0 Å². The van der Waals surface area contributed by atoms with E-state index in [0.717, 1.165) is 5.56 Å². The monoisotopic (exact) mass is 286 g/mol. The van der Waals surface area contributed by atoms with Crippen LogP contribution in [0.1, 0.15) is 5.56 Å². The summed E-state index contributed by atoms with van der Waals surface area (Å²) in [6.45, 7) is 1.73. The number of hydrogen-bond donors (Lipinski definition) is 2. The summed E-state index contributed by atoms with van der Waals surface area (Å²) >= 11 is 0. The molecule has 0 amide bonds. The van der Waals surface area contributed by atoms with Crippen molar-refractivity contribution in [2.45, 2.75) is 19.1 Å². The fourth-order valence-corrected chi connectivity index (χ4v) is 3.82. The molecule has 0 spiro atoms. The predicted octanol–water partition coefficient (Wildman–Crippen LogP) is 0.473. The molecule has 1 saturated heterocycles. The number of benzene rings is 1. The number of aliphatic hydroxyl groups excluding tert-OH is 1. The summed E-state index contributed by atoms with van der Waals surface area (Å²) in [5.41, 5.74) is 0.824. The zero-order valence-corrected chi connectivity index (χ0v) is 11.1. The maximum Gasteiger partial charge on any atom is 0.292 e. The molecular weight excluding hydrogens is 272 g/mol. The van der Waals surface area contributed by atoms with Crippen LogP contribution in [0.3, 0.4) is 0 Å². The maximum absolute atomic E-state index is 11.4. The van der Waals surface area contributed by atoms with E-state index in [-0.39, 0.29) is 22.9 Å². The molecule has 1 heterocycles. The molecule has 2 rings (SSSR count). The van der Waals surface area contributed by atoms with Gasteiger partial charge in [0.1, 0.15) is 5.69 Å². The Balaban J connectivity index is 2.27. The molecule has 2 N–H and O–H groups in total. The fraction of sp³-hybridized carbons (Fsp3) is 0.455. The number of aryl methyl sites for hydroxylation is 1. The molecule has 1 aliphatic rings. The third kappa shape index (κ3) is 3.02. The van der Waals surface area contributed by atoms with Crippen LogP contribution in [0, 0.1) is 17.0 Å². The molecule has 8 heteroatoms. The molecule has 1 aromatic carbocycles. The summed E-state index contributed by atoms with van der Waals surface area (Å²) < 4.78 is 22.8. The van der Waals surface area contributed by atoms with Crippen molar-refractivity contribution in [3.8, 4) is 0 Å². The van der Waals surface area contributed by atoms with Gasteiger partial charge in [-0.1, -0.05) is 6.07 Å². The topological polar surface area (TPSA) is 110 Å². The van der Waals surface area contributed by atoms with E-state index in [2.05, 4.69) is 5.32 Å². The number of nitro groups is 1. The van der Waals surface area contributed by atoms with Crippen molar-refractivity contribution in [2.75, 3.05) is 16.8 Å². The highest BCUT2D eigenvalue weighted by Gasteiger charge is 2.37. The van der Waals surface area contributed by atoms with Gasteiger partial charge in [-0.05, 0) is 18.6 Å². The SMILES string of the molecule is Cc1ccc(N[C@@H]2CS(=O)(=O)C[C@H]2O)c([N+](=O)[O-])c1. The highest BCUT2D eigenvalue weighted by atomic mass is 32.2. The van der Waals surface area contributed by atoms with Crippen LogP contribution in [0.5, 0.6) is 0 Å². The molecule has 0 aliphatic carbocycles. The highest BCUT2D eigenvalue weighted by Crippen LogP contribution is 2.28. The van der Waals surface area contributed by atoms with Crippen molar-refractivity contribution in [1.82, 2.24) is 0 Å². The first-order valence-corrected chi connectivity index (χ1v) is 7.51. The van der Waals surface area contributed by atoms with Crippen LogP contribution in [-0.4, -0.2) is 42.1 Å². The average molecular weight is 286 g/mol. The minimum atomic E-state index is -3.29. The summed E-state index contributed by atoms with van der Waals surface area (Å²) in [5, 5.41) is 23.4. The van der Waals surface area contributed by atoms with Gasteiger partial charge in [0.05, 0.1) is 28.6 Å². The lowest BCUT2D eigenvalue weighted by atomic mass is 10.1. The van der Waals surface area contributed by atoms with Gasteiger partial charge in [0.25, 0.3) is 5.69 Å². The lowest BCUT2D eigenvalue weighted by Gasteiger charge is -2.16. The number of aliphatic hydroxyl groups is 1. The van der Waals surface area contributed by atoms with Crippen LogP contribution < -0.4 is 5.32 Å². The second-order valence-electron chi connectivity index (χ2n) is 4.67. The molecule has 0 bridgehead atoms. The summed E-state index contributed by atoms with van der Waals surface area (Å²) in [6, 6.07) is 3.89. The molecule has 0 saturated carbocycles. The maximum atomic E-state index is 11.4. The van der Waals surface area contributed by atoms with E-state index in [4.69, 9.17) is 0 Å². The number of nitro benzene ring substituents is 1. The molecule has 1 aromatic rings. The van der Waals surface area contributed by atoms with E-state index in [1.165, 1.54) is 12.1 Å². The van der Waals surface area contributed by atoms with Crippen LogP contribution in [0.25, 0.3) is 0 Å². The quantitative estimate of drug-likeness (QED) is 0.617. The first-order valence-electron chi connectivity index (χ1n) is 5.68. The Morgan fingerprint density at radius 2 is 2.11 bits per heavy atom. The van der Waals surface area contributed by atoms with Crippen molar-refractivity contribution in [2.24, 2.45) is 0 Å². The van der Waals surface area contributed by atoms with Crippen LogP contribution in [0.15, 0.2) is 18.2 Å². The van der Waals surface area contributed by atoms with Crippen molar-refractivity contribution >= 4 is 21.2 Å². The first kappa shape index (κ1) is 13.8. The second kappa shape index (κ2) is 4.78. The second-order valence-corrected chi connectivity index (χ2v) is 6.83. The Labute approximate surface area is 110 Å². The highest BCUT2D eigenvalue weighted by molar-refractivity contribution is 7.91. The molecule has 2 atom stereocenters. The van der Waals surface area contributed by atoms with Gasteiger partial charge in [-0.25, -0.2) is 8.42 Å². The molecule has 1 aliphatic heterocycles. The summed E-state index contributed by atoms with van der Waals surface area (Å²) in [5.74, 6) is -0.538. The van der Waals surface area contributed by atoms with Crippen molar-refractivity contribution in [3.05, 3.63) is 33.9 Å². The number of sulfone groups is 1. The lowest BCUT2D eigenvalue weighted by molar-refractivity contribution is -0.384. The van der Waals surface area contributed by atoms with Crippen LogP contribution >= 0.6 is 0 Å². The zero-order chi connectivity index (χ0) is 14.2. The zero-order valence-electron chi connectivity index (χ0n) is 10.2. The van der Waals surface area contributed by atoms with E-state index in [1.807, 2.05) is 0 Å². The Bertz CT molecular complexity index is 614. The third-order valence-electron chi connectivity index (χ3n) is 3.01. The first-order chi connectivity index (χ1) is 8.78. The summed E-state index contributed by atoms with van der Waals surface area (Å²) in [4.78, 5) is 10.4. The molecular formula is C11H14N2O5S. The molecule has 1 fully saturated rings. The fourth-order valence-electron chi connectivity index (χ4n) is 2.08. The van der Waals surface area contributed by atoms with Crippen molar-refractivity contribution in [1.29, 1.82) is 0 Å². The van der Waals surface area contributed by atoms with Gasteiger partial charge in [-0.15, -0.1) is 0 Å². The van der Waals surface area contributed by atoms with Gasteiger partial charge < -0.3 is 10.4 Å². The number of hydrogen-bond acceptors (Lipinski definition) is 6. The van der Waals surface area contributed by atoms with Gasteiger partial charge >= 0.3 is 0 Å². The molecule has 0 aromatic heterocycles. The van der Waals surface area contributed by atoms with Gasteiger partial charge in [-0.2, -0.15) is 0 Å². The van der Waals surface area contributed by atoms with Gasteiger partial charge in [0.2, 0.25) is 0 Å². The van der Waals surface area contributed by atoms with Gasteiger partial charge in [0, 0.05) is 6.07 Å². The van der Waals surface area contributed by atoms with Gasteiger partial charge in [0.15, 0.2) is 9.84 Å². The van der Waals surface area contributed by atoms with Crippen molar-refractivity contribution in [3.63, 3.8) is 0 Å². The lowest BCUT2D eigenvalue weighted by Crippen LogP contribution is -2.32. The minimum Gasteiger partial charge on any atom is -0.390 e. The predicted molar refractivity (Wildman–Crippen MR) is 69.9 cm³/mol. The summed E-state index contributed by atoms with van der Waals surface area (Å²) in [6.07, 6.45) is -1.05. The van der Waals surface area contributed by atoms with E-state index in [1.54, 1.807) is 13.0 Å². The van der Waals surface area contributed by atoms with Crippen LogP contribution in [0.2, 0.25) is 0 Å². The third-order valence-corrected chi connectivity index (χ3v) is 4.73. The number of rotatable bonds is 3. The van der Waals surface area contributed by atoms with E-state index < -0.39 is 26.9 Å². The molecule has 104 valence electrons. The largest absolute Gasteiger partial charge is 0.390 e. The Hall–Kier alpha value is -1.67. The Kier molecular flexibility index (Phi) is 3.46. The van der Waals surface area contributed by atoms with E-state index in [0.29, 0.717) is 0 Å². The van der Waals surface area contributed by atoms with Crippen LogP contribution in [-0.2, 0) is 9.84 Å².